The number of aliphatic imine (C=N–C) groups is 1. The second kappa shape index (κ2) is 8.24. The van der Waals surface area contributed by atoms with Crippen molar-refractivity contribution in [3.63, 3.8) is 0 Å². The highest BCUT2D eigenvalue weighted by atomic mass is 16.2. The Hall–Kier alpha value is -4.01. The molecule has 2 aliphatic heterocycles. The fourth-order valence-electron chi connectivity index (χ4n) is 5.95. The predicted molar refractivity (Wildman–Crippen MR) is 142 cm³/mol. The number of aromatic nitrogens is 2. The fraction of sp³-hybridized carbons (Fsp3) is 0.414. The molecule has 2 aliphatic carbocycles. The average molecular weight is 511 g/mol. The number of amidine groups is 1. The molecule has 38 heavy (non-hydrogen) atoms. The highest BCUT2D eigenvalue weighted by molar-refractivity contribution is 6.16. The first-order valence-corrected chi connectivity index (χ1v) is 13.4. The van der Waals surface area contributed by atoms with E-state index < -0.39 is 11.4 Å². The number of primary amides is 1. The smallest absolute Gasteiger partial charge is 0.269 e. The summed E-state index contributed by atoms with van der Waals surface area (Å²) in [7, 11) is 1.80. The summed E-state index contributed by atoms with van der Waals surface area (Å²) in [6, 6.07) is 14.0. The molecule has 1 aromatic heterocycles. The number of nitrogens with two attached hydrogens (primary N) is 1. The molecule has 4 aliphatic rings. The van der Waals surface area contributed by atoms with Gasteiger partial charge in [0, 0.05) is 43.5 Å². The Labute approximate surface area is 220 Å². The average Bonchev–Trinajstić information content (AvgIpc) is 3.82. The standard InChI is InChI=1S/C29H30N6O3/c1-33-23-14-21(8-9-22(23)24(32-33)25(30)36)18-2-4-19(5-3-18)26-31-29(11-12-29)28(38)35(26)16-17-10-13-34(15-17)27(37)20-6-7-20/h2-5,8-9,14,17,20H,6-7,10-13,15-16H2,1H3,(H2,30,36)/t17-/m1/s1. The number of likely N-dealkylation sites (tertiary alicyclic amines) is 1. The number of rotatable bonds is 6. The quantitative estimate of drug-likeness (QED) is 0.549. The van der Waals surface area contributed by atoms with Crippen LogP contribution in [0.2, 0.25) is 0 Å². The number of benzene rings is 2. The molecule has 1 spiro atoms. The molecule has 2 N–H and O–H groups in total. The van der Waals surface area contributed by atoms with E-state index in [-0.39, 0.29) is 23.4 Å². The van der Waals surface area contributed by atoms with E-state index in [1.807, 2.05) is 52.3 Å². The predicted octanol–water partition coefficient (Wildman–Crippen LogP) is 2.72. The van der Waals surface area contributed by atoms with E-state index in [0.29, 0.717) is 12.5 Å². The minimum absolute atomic E-state index is 0.107. The zero-order valence-corrected chi connectivity index (χ0v) is 21.4. The Bertz CT molecular complexity index is 1530. The Kier molecular flexibility index (Phi) is 5.02. The highest BCUT2D eigenvalue weighted by Crippen LogP contribution is 2.46. The largest absolute Gasteiger partial charge is 0.364 e. The first-order valence-electron chi connectivity index (χ1n) is 13.4. The molecule has 3 fully saturated rings. The van der Waals surface area contributed by atoms with E-state index in [0.717, 1.165) is 78.6 Å². The number of hydrogen-bond acceptors (Lipinski definition) is 5. The molecular formula is C29H30N6O3. The van der Waals surface area contributed by atoms with Gasteiger partial charge in [0.05, 0.1) is 5.52 Å². The maximum atomic E-state index is 13.4. The van der Waals surface area contributed by atoms with Gasteiger partial charge in [-0.1, -0.05) is 30.3 Å². The van der Waals surface area contributed by atoms with Crippen LogP contribution in [0, 0.1) is 11.8 Å². The van der Waals surface area contributed by atoms with Crippen molar-refractivity contribution in [1.82, 2.24) is 19.6 Å². The molecule has 194 valence electrons. The summed E-state index contributed by atoms with van der Waals surface area (Å²) in [5.74, 6) is 1.11. The normalized spacial score (nSPS) is 22.0. The van der Waals surface area contributed by atoms with Gasteiger partial charge in [0.15, 0.2) is 5.69 Å². The van der Waals surface area contributed by atoms with Crippen LogP contribution in [0.15, 0.2) is 47.5 Å². The second-order valence-corrected chi connectivity index (χ2v) is 11.2. The topological polar surface area (TPSA) is 114 Å². The van der Waals surface area contributed by atoms with Gasteiger partial charge >= 0.3 is 0 Å². The molecule has 0 radical (unpaired) electrons. The molecular weight excluding hydrogens is 480 g/mol. The van der Waals surface area contributed by atoms with Crippen molar-refractivity contribution in [2.45, 2.75) is 37.6 Å². The molecule has 0 bridgehead atoms. The summed E-state index contributed by atoms with van der Waals surface area (Å²) in [4.78, 5) is 46.4. The van der Waals surface area contributed by atoms with E-state index in [4.69, 9.17) is 10.7 Å². The molecule has 3 aromatic rings. The van der Waals surface area contributed by atoms with E-state index in [9.17, 15) is 14.4 Å². The molecule has 3 heterocycles. The summed E-state index contributed by atoms with van der Waals surface area (Å²) in [6.07, 6.45) is 4.57. The lowest BCUT2D eigenvalue weighted by Crippen LogP contribution is -2.40. The molecule has 3 amide bonds. The van der Waals surface area contributed by atoms with Crippen LogP contribution in [-0.4, -0.2) is 68.3 Å². The van der Waals surface area contributed by atoms with Crippen molar-refractivity contribution in [2.75, 3.05) is 19.6 Å². The zero-order valence-electron chi connectivity index (χ0n) is 21.4. The lowest BCUT2D eigenvalue weighted by atomic mass is 10.0. The van der Waals surface area contributed by atoms with Crippen LogP contribution in [0.5, 0.6) is 0 Å². The van der Waals surface area contributed by atoms with Gasteiger partial charge in [-0.05, 0) is 61.3 Å². The second-order valence-electron chi connectivity index (χ2n) is 11.2. The minimum atomic E-state index is -0.571. The van der Waals surface area contributed by atoms with Gasteiger partial charge in [-0.2, -0.15) is 5.10 Å². The van der Waals surface area contributed by atoms with Gasteiger partial charge in [0.2, 0.25) is 5.91 Å². The van der Waals surface area contributed by atoms with Crippen LogP contribution in [0.25, 0.3) is 22.0 Å². The van der Waals surface area contributed by atoms with Gasteiger partial charge in [-0.25, -0.2) is 0 Å². The van der Waals surface area contributed by atoms with Crippen molar-refractivity contribution in [2.24, 2.45) is 29.6 Å². The molecule has 1 saturated heterocycles. The Morgan fingerprint density at radius 3 is 2.42 bits per heavy atom. The summed E-state index contributed by atoms with van der Waals surface area (Å²) in [5, 5.41) is 4.99. The van der Waals surface area contributed by atoms with Crippen LogP contribution in [0.4, 0.5) is 0 Å². The lowest BCUT2D eigenvalue weighted by Gasteiger charge is -2.23. The minimum Gasteiger partial charge on any atom is -0.364 e. The number of carbonyl (C=O) groups is 3. The third-order valence-corrected chi connectivity index (χ3v) is 8.47. The van der Waals surface area contributed by atoms with Crippen molar-refractivity contribution >= 4 is 34.5 Å². The van der Waals surface area contributed by atoms with Gasteiger partial charge in [-0.3, -0.25) is 29.0 Å². The van der Waals surface area contributed by atoms with Crippen molar-refractivity contribution < 1.29 is 14.4 Å². The molecule has 9 nitrogen and oxygen atoms in total. The molecule has 9 heteroatoms. The third kappa shape index (κ3) is 3.71. The summed E-state index contributed by atoms with van der Waals surface area (Å²) in [5.41, 5.74) is 8.94. The van der Waals surface area contributed by atoms with E-state index in [2.05, 4.69) is 5.10 Å². The van der Waals surface area contributed by atoms with Gasteiger partial charge < -0.3 is 10.6 Å². The number of carbonyl (C=O) groups excluding carboxylic acids is 3. The number of nitrogens with zero attached hydrogens (tertiary/aromatic N) is 5. The van der Waals surface area contributed by atoms with Crippen LogP contribution < -0.4 is 5.73 Å². The molecule has 2 aromatic carbocycles. The van der Waals surface area contributed by atoms with Crippen LogP contribution >= 0.6 is 0 Å². The van der Waals surface area contributed by atoms with E-state index in [1.165, 1.54) is 0 Å². The fourth-order valence-corrected chi connectivity index (χ4v) is 5.95. The van der Waals surface area contributed by atoms with Crippen molar-refractivity contribution in [3.05, 3.63) is 53.7 Å². The van der Waals surface area contributed by atoms with Crippen molar-refractivity contribution in [1.29, 1.82) is 0 Å². The number of aryl methyl sites for hydroxylation is 1. The molecule has 7 rings (SSSR count). The summed E-state index contributed by atoms with van der Waals surface area (Å²) < 4.78 is 1.67. The number of hydrogen-bond donors (Lipinski definition) is 1. The molecule has 0 unspecified atom stereocenters. The van der Waals surface area contributed by atoms with Crippen molar-refractivity contribution in [3.8, 4) is 11.1 Å². The molecule has 1 atom stereocenters. The number of fused-ring (bicyclic) bond motifs is 1. The lowest BCUT2D eigenvalue weighted by molar-refractivity contribution is -0.131. The Balaban J connectivity index is 1.13. The first-order chi connectivity index (χ1) is 18.3. The van der Waals surface area contributed by atoms with Gasteiger partial charge in [0.25, 0.3) is 11.8 Å². The first kappa shape index (κ1) is 23.1. The van der Waals surface area contributed by atoms with Crippen LogP contribution in [0.1, 0.15) is 48.2 Å². The maximum absolute atomic E-state index is 13.4. The third-order valence-electron chi connectivity index (χ3n) is 8.47. The summed E-state index contributed by atoms with van der Waals surface area (Å²) >= 11 is 0. The highest BCUT2D eigenvalue weighted by Gasteiger charge is 2.57. The zero-order chi connectivity index (χ0) is 26.2. The van der Waals surface area contributed by atoms with Gasteiger partial charge in [0.1, 0.15) is 11.4 Å². The van der Waals surface area contributed by atoms with E-state index >= 15 is 0 Å². The SMILES string of the molecule is Cn1nc(C(N)=O)c2ccc(-c3ccc(C4=NC5(CC5)C(=O)N4C[C@@H]4CCN(C(=O)C5CC5)C4)cc3)cc21. The Morgan fingerprint density at radius 2 is 1.74 bits per heavy atom. The monoisotopic (exact) mass is 510 g/mol. The maximum Gasteiger partial charge on any atom is 0.269 e. The number of amides is 3. The van der Waals surface area contributed by atoms with E-state index in [1.54, 1.807) is 11.7 Å². The Morgan fingerprint density at radius 1 is 1.03 bits per heavy atom. The van der Waals surface area contributed by atoms with Crippen LogP contribution in [-0.2, 0) is 16.6 Å². The summed E-state index contributed by atoms with van der Waals surface area (Å²) in [6.45, 7) is 2.12. The van der Waals surface area contributed by atoms with Gasteiger partial charge in [-0.15, -0.1) is 0 Å². The van der Waals surface area contributed by atoms with Crippen LogP contribution in [0.3, 0.4) is 0 Å². The molecule has 2 saturated carbocycles.